The molecule has 1 aromatic heterocycles. The number of aromatic nitrogens is 1. The lowest BCUT2D eigenvalue weighted by atomic mass is 10.1. The van der Waals surface area contributed by atoms with E-state index in [1.165, 1.54) is 16.9 Å². The Labute approximate surface area is 133 Å². The Hall–Kier alpha value is -2.21. The minimum atomic E-state index is -0.174. The number of carbonyl (C=O) groups is 2. The summed E-state index contributed by atoms with van der Waals surface area (Å²) >= 11 is 1.37. The Balaban J connectivity index is 1.59. The SMILES string of the molecule is Cc1cccc2c1N(C(=O)CCC(=O)Nc1nccs1)CC2. The van der Waals surface area contributed by atoms with Gasteiger partial charge in [0.05, 0.1) is 0 Å². The molecule has 1 aliphatic heterocycles. The van der Waals surface area contributed by atoms with Crippen LogP contribution in [0.2, 0.25) is 0 Å². The predicted octanol–water partition coefficient (Wildman–Crippen LogP) is 2.76. The number of para-hydroxylation sites is 1. The smallest absolute Gasteiger partial charge is 0.227 e. The Kier molecular flexibility index (Phi) is 4.20. The number of benzene rings is 1. The maximum Gasteiger partial charge on any atom is 0.227 e. The van der Waals surface area contributed by atoms with Crippen LogP contribution in [0.4, 0.5) is 10.8 Å². The summed E-state index contributed by atoms with van der Waals surface area (Å²) in [5, 5.41) is 5.06. The molecule has 0 fully saturated rings. The van der Waals surface area contributed by atoms with E-state index >= 15 is 0 Å². The summed E-state index contributed by atoms with van der Waals surface area (Å²) in [5.74, 6) is -0.171. The van der Waals surface area contributed by atoms with Crippen LogP contribution in [-0.2, 0) is 16.0 Å². The van der Waals surface area contributed by atoms with E-state index in [9.17, 15) is 9.59 Å². The zero-order valence-corrected chi connectivity index (χ0v) is 13.2. The van der Waals surface area contributed by atoms with Crippen LogP contribution in [0.15, 0.2) is 29.8 Å². The van der Waals surface area contributed by atoms with E-state index in [0.29, 0.717) is 11.7 Å². The molecule has 0 spiro atoms. The van der Waals surface area contributed by atoms with Crippen molar-refractivity contribution in [3.63, 3.8) is 0 Å². The van der Waals surface area contributed by atoms with Crippen LogP contribution in [0.25, 0.3) is 0 Å². The van der Waals surface area contributed by atoms with Gasteiger partial charge in [-0.1, -0.05) is 18.2 Å². The first-order valence-electron chi connectivity index (χ1n) is 7.23. The molecule has 114 valence electrons. The van der Waals surface area contributed by atoms with Crippen molar-refractivity contribution in [2.75, 3.05) is 16.8 Å². The fraction of sp³-hybridized carbons (Fsp3) is 0.312. The number of nitrogens with zero attached hydrogens (tertiary/aromatic N) is 2. The van der Waals surface area contributed by atoms with Gasteiger partial charge < -0.3 is 10.2 Å². The molecule has 0 saturated carbocycles. The largest absolute Gasteiger partial charge is 0.312 e. The summed E-state index contributed by atoms with van der Waals surface area (Å²) in [5.41, 5.74) is 3.34. The molecule has 2 aromatic rings. The highest BCUT2D eigenvalue weighted by molar-refractivity contribution is 7.13. The van der Waals surface area contributed by atoms with Crippen LogP contribution in [0, 0.1) is 6.92 Å². The summed E-state index contributed by atoms with van der Waals surface area (Å²) in [6, 6.07) is 6.09. The number of nitrogens with one attached hydrogen (secondary N) is 1. The first-order valence-corrected chi connectivity index (χ1v) is 8.11. The molecule has 1 N–H and O–H groups in total. The number of aryl methyl sites for hydroxylation is 1. The van der Waals surface area contributed by atoms with Gasteiger partial charge in [-0.25, -0.2) is 4.98 Å². The number of amides is 2. The highest BCUT2D eigenvalue weighted by Gasteiger charge is 2.26. The van der Waals surface area contributed by atoms with Crippen molar-refractivity contribution >= 4 is 34.0 Å². The monoisotopic (exact) mass is 315 g/mol. The molecule has 0 bridgehead atoms. The fourth-order valence-corrected chi connectivity index (χ4v) is 3.27. The van der Waals surface area contributed by atoms with Gasteiger partial charge in [0.1, 0.15) is 0 Å². The molecule has 0 unspecified atom stereocenters. The molecule has 3 rings (SSSR count). The number of hydrogen-bond donors (Lipinski definition) is 1. The highest BCUT2D eigenvalue weighted by Crippen LogP contribution is 2.31. The van der Waals surface area contributed by atoms with Crippen molar-refractivity contribution in [1.29, 1.82) is 0 Å². The van der Waals surface area contributed by atoms with E-state index in [2.05, 4.69) is 16.4 Å². The second kappa shape index (κ2) is 6.27. The Bertz CT molecular complexity index is 697. The second-order valence-electron chi connectivity index (χ2n) is 5.26. The van der Waals surface area contributed by atoms with E-state index in [-0.39, 0.29) is 24.7 Å². The molecule has 0 atom stereocenters. The zero-order chi connectivity index (χ0) is 15.5. The molecule has 2 heterocycles. The van der Waals surface area contributed by atoms with Crippen LogP contribution >= 0.6 is 11.3 Å². The Morgan fingerprint density at radius 1 is 1.36 bits per heavy atom. The van der Waals surface area contributed by atoms with Crippen LogP contribution in [0.1, 0.15) is 24.0 Å². The zero-order valence-electron chi connectivity index (χ0n) is 12.3. The van der Waals surface area contributed by atoms with E-state index in [0.717, 1.165) is 17.7 Å². The molecular weight excluding hydrogens is 298 g/mol. The minimum Gasteiger partial charge on any atom is -0.312 e. The normalized spacial score (nSPS) is 13.0. The molecule has 2 amide bonds. The van der Waals surface area contributed by atoms with Gasteiger partial charge in [0.25, 0.3) is 0 Å². The van der Waals surface area contributed by atoms with Crippen molar-refractivity contribution < 1.29 is 9.59 Å². The average Bonchev–Trinajstić information content (AvgIpc) is 3.14. The fourth-order valence-electron chi connectivity index (χ4n) is 2.72. The van der Waals surface area contributed by atoms with Gasteiger partial charge in [-0.15, -0.1) is 11.3 Å². The summed E-state index contributed by atoms with van der Waals surface area (Å²) < 4.78 is 0. The van der Waals surface area contributed by atoms with Gasteiger partial charge in [0.15, 0.2) is 5.13 Å². The number of hydrogen-bond acceptors (Lipinski definition) is 4. The number of carbonyl (C=O) groups excluding carboxylic acids is 2. The molecule has 6 heteroatoms. The Morgan fingerprint density at radius 2 is 2.23 bits per heavy atom. The molecular formula is C16H17N3O2S. The van der Waals surface area contributed by atoms with Crippen molar-refractivity contribution in [2.45, 2.75) is 26.2 Å². The van der Waals surface area contributed by atoms with Gasteiger partial charge in [-0.2, -0.15) is 0 Å². The number of thiazole rings is 1. The molecule has 22 heavy (non-hydrogen) atoms. The Morgan fingerprint density at radius 3 is 3.00 bits per heavy atom. The van der Waals surface area contributed by atoms with Crippen LogP contribution in [0.3, 0.4) is 0 Å². The van der Waals surface area contributed by atoms with Crippen LogP contribution < -0.4 is 10.2 Å². The van der Waals surface area contributed by atoms with Crippen molar-refractivity contribution in [1.82, 2.24) is 4.98 Å². The standard InChI is InChI=1S/C16H17N3O2S/c1-11-3-2-4-12-7-9-19(15(11)12)14(21)6-5-13(20)18-16-17-8-10-22-16/h2-4,8,10H,5-7,9H2,1H3,(H,17,18,20). The number of rotatable bonds is 4. The highest BCUT2D eigenvalue weighted by atomic mass is 32.1. The van der Waals surface area contributed by atoms with Crippen molar-refractivity contribution in [2.24, 2.45) is 0 Å². The summed E-state index contributed by atoms with van der Waals surface area (Å²) in [6.07, 6.45) is 2.91. The third-order valence-electron chi connectivity index (χ3n) is 3.74. The maximum absolute atomic E-state index is 12.4. The maximum atomic E-state index is 12.4. The van der Waals surface area contributed by atoms with Gasteiger partial charge in [-0.3, -0.25) is 9.59 Å². The molecule has 0 radical (unpaired) electrons. The number of fused-ring (bicyclic) bond motifs is 1. The van der Waals surface area contributed by atoms with Crippen molar-refractivity contribution in [3.05, 3.63) is 40.9 Å². The summed E-state index contributed by atoms with van der Waals surface area (Å²) in [6.45, 7) is 2.72. The van der Waals surface area contributed by atoms with Crippen LogP contribution in [0.5, 0.6) is 0 Å². The minimum absolute atomic E-state index is 0.00217. The third-order valence-corrected chi connectivity index (χ3v) is 4.43. The van der Waals surface area contributed by atoms with Crippen LogP contribution in [-0.4, -0.2) is 23.3 Å². The lowest BCUT2D eigenvalue weighted by Crippen LogP contribution is -2.30. The lowest BCUT2D eigenvalue weighted by molar-refractivity contribution is -0.122. The van der Waals surface area contributed by atoms with E-state index in [4.69, 9.17) is 0 Å². The van der Waals surface area contributed by atoms with Gasteiger partial charge in [0.2, 0.25) is 11.8 Å². The molecule has 0 saturated heterocycles. The first-order chi connectivity index (χ1) is 10.6. The molecule has 5 nitrogen and oxygen atoms in total. The third kappa shape index (κ3) is 3.01. The van der Waals surface area contributed by atoms with Gasteiger partial charge in [-0.05, 0) is 24.5 Å². The van der Waals surface area contributed by atoms with Gasteiger partial charge >= 0.3 is 0 Å². The summed E-state index contributed by atoms with van der Waals surface area (Å²) in [4.78, 5) is 30.0. The topological polar surface area (TPSA) is 62.3 Å². The number of anilines is 2. The summed E-state index contributed by atoms with van der Waals surface area (Å²) in [7, 11) is 0. The van der Waals surface area contributed by atoms with E-state index in [1.54, 1.807) is 16.5 Å². The first kappa shape index (κ1) is 14.7. The molecule has 1 aromatic carbocycles. The predicted molar refractivity (Wildman–Crippen MR) is 87.2 cm³/mol. The van der Waals surface area contributed by atoms with Crippen molar-refractivity contribution in [3.8, 4) is 0 Å². The molecule has 1 aliphatic rings. The van der Waals surface area contributed by atoms with E-state index in [1.807, 2.05) is 19.1 Å². The van der Waals surface area contributed by atoms with Gasteiger partial charge in [0, 0.05) is 36.7 Å². The van der Waals surface area contributed by atoms with E-state index < -0.39 is 0 Å². The second-order valence-corrected chi connectivity index (χ2v) is 6.16. The lowest BCUT2D eigenvalue weighted by Gasteiger charge is -2.19. The molecule has 0 aliphatic carbocycles. The quantitative estimate of drug-likeness (QED) is 0.943. The average molecular weight is 315 g/mol.